The Kier molecular flexibility index (Phi) is 4.55. The van der Waals surface area contributed by atoms with Gasteiger partial charge in [-0.1, -0.05) is 18.2 Å². The molecule has 0 saturated heterocycles. The van der Waals surface area contributed by atoms with E-state index in [0.717, 1.165) is 28.2 Å². The van der Waals surface area contributed by atoms with Crippen LogP contribution in [0.4, 0.5) is 5.82 Å². The molecule has 1 unspecified atom stereocenters. The summed E-state index contributed by atoms with van der Waals surface area (Å²) < 4.78 is 12.6. The Balaban J connectivity index is 1.82. The van der Waals surface area contributed by atoms with Crippen LogP contribution in [0.25, 0.3) is 5.69 Å². The molecule has 1 atom stereocenters. The van der Waals surface area contributed by atoms with Crippen LogP contribution in [0.1, 0.15) is 34.6 Å². The molecule has 6 nitrogen and oxygen atoms in total. The van der Waals surface area contributed by atoms with Gasteiger partial charge in [0, 0.05) is 17.9 Å². The van der Waals surface area contributed by atoms with E-state index in [9.17, 15) is 4.79 Å². The van der Waals surface area contributed by atoms with E-state index in [0.29, 0.717) is 17.9 Å². The smallest absolute Gasteiger partial charge is 0.226 e. The molecule has 0 saturated carbocycles. The molecule has 1 amide bonds. The lowest BCUT2D eigenvalue weighted by Crippen LogP contribution is -2.24. The van der Waals surface area contributed by atoms with Crippen LogP contribution in [-0.4, -0.2) is 29.9 Å². The molecule has 1 aliphatic rings. The van der Waals surface area contributed by atoms with Gasteiger partial charge in [-0.2, -0.15) is 5.10 Å². The summed E-state index contributed by atoms with van der Waals surface area (Å²) in [5.74, 6) is 1.92. The molecule has 1 aliphatic heterocycles. The Labute approximate surface area is 164 Å². The number of nitrogens with zero attached hydrogens (tertiary/aromatic N) is 2. The van der Waals surface area contributed by atoms with Crippen LogP contribution in [0.3, 0.4) is 0 Å². The van der Waals surface area contributed by atoms with E-state index in [1.165, 1.54) is 5.56 Å². The average Bonchev–Trinajstić information content (AvgIpc) is 3.12. The number of anilines is 1. The molecule has 6 heteroatoms. The van der Waals surface area contributed by atoms with Crippen molar-refractivity contribution in [1.82, 2.24) is 9.78 Å². The summed E-state index contributed by atoms with van der Waals surface area (Å²) >= 11 is 0. The Morgan fingerprint density at radius 2 is 1.89 bits per heavy atom. The van der Waals surface area contributed by atoms with Crippen LogP contribution >= 0.6 is 0 Å². The van der Waals surface area contributed by atoms with Crippen molar-refractivity contribution in [2.24, 2.45) is 0 Å². The lowest BCUT2D eigenvalue weighted by molar-refractivity contribution is -0.116. The minimum Gasteiger partial charge on any atom is -0.493 e. The third kappa shape index (κ3) is 2.91. The first-order chi connectivity index (χ1) is 13.5. The maximum atomic E-state index is 12.5. The largest absolute Gasteiger partial charge is 0.493 e. The van der Waals surface area contributed by atoms with Crippen molar-refractivity contribution < 1.29 is 14.3 Å². The lowest BCUT2D eigenvalue weighted by atomic mass is 9.87. The zero-order chi connectivity index (χ0) is 19.8. The Hall–Kier alpha value is -3.28. The summed E-state index contributed by atoms with van der Waals surface area (Å²) in [6.45, 7) is 4.13. The summed E-state index contributed by atoms with van der Waals surface area (Å²) in [5, 5.41) is 7.61. The number of carbonyl (C=O) groups is 1. The third-order valence-electron chi connectivity index (χ3n) is 5.43. The molecule has 1 aromatic heterocycles. The van der Waals surface area contributed by atoms with Gasteiger partial charge in [0.15, 0.2) is 11.5 Å². The fourth-order valence-corrected chi connectivity index (χ4v) is 3.73. The molecule has 0 fully saturated rings. The monoisotopic (exact) mass is 377 g/mol. The first-order valence-corrected chi connectivity index (χ1v) is 9.19. The molecule has 0 aliphatic carbocycles. The van der Waals surface area contributed by atoms with E-state index in [1.54, 1.807) is 14.2 Å². The molecule has 1 N–H and O–H groups in total. The normalized spacial score (nSPS) is 15.7. The third-order valence-corrected chi connectivity index (χ3v) is 5.43. The Bertz CT molecular complexity index is 1060. The highest BCUT2D eigenvalue weighted by Gasteiger charge is 2.31. The van der Waals surface area contributed by atoms with Crippen molar-refractivity contribution >= 4 is 11.7 Å². The van der Waals surface area contributed by atoms with Crippen LogP contribution in [0.15, 0.2) is 42.6 Å². The number of aromatic nitrogens is 2. The van der Waals surface area contributed by atoms with Gasteiger partial charge in [-0.25, -0.2) is 4.68 Å². The highest BCUT2D eigenvalue weighted by molar-refractivity contribution is 5.94. The minimum absolute atomic E-state index is 0.0284. The van der Waals surface area contributed by atoms with Crippen LogP contribution in [0, 0.1) is 13.8 Å². The number of ether oxygens (including phenoxy) is 2. The summed E-state index contributed by atoms with van der Waals surface area (Å²) in [7, 11) is 3.22. The summed E-state index contributed by atoms with van der Waals surface area (Å²) in [6, 6.07) is 11.9. The van der Waals surface area contributed by atoms with E-state index < -0.39 is 0 Å². The van der Waals surface area contributed by atoms with Gasteiger partial charge in [-0.05, 0) is 48.7 Å². The number of fused-ring (bicyclic) bond motifs is 1. The second-order valence-electron chi connectivity index (χ2n) is 7.00. The van der Waals surface area contributed by atoms with Gasteiger partial charge in [0.05, 0.1) is 26.1 Å². The topological polar surface area (TPSA) is 65.4 Å². The van der Waals surface area contributed by atoms with Crippen LogP contribution in [-0.2, 0) is 4.79 Å². The van der Waals surface area contributed by atoms with Crippen LogP contribution in [0.2, 0.25) is 0 Å². The molecule has 0 bridgehead atoms. The van der Waals surface area contributed by atoms with Gasteiger partial charge in [0.25, 0.3) is 0 Å². The molecule has 0 spiro atoms. The number of amides is 1. The zero-order valence-corrected chi connectivity index (χ0v) is 16.4. The standard InChI is InChI=1S/C22H23N3O3/c1-13-6-5-7-18(14(13)2)25-22-17(12-23-25)16(11-21(26)24-22)15-8-9-19(27-3)20(10-15)28-4/h5-10,12,16H,11H2,1-4H3,(H,24,26). The molecule has 144 valence electrons. The number of rotatable bonds is 4. The predicted octanol–water partition coefficient (Wildman–Crippen LogP) is 3.98. The van der Waals surface area contributed by atoms with E-state index in [-0.39, 0.29) is 11.8 Å². The maximum Gasteiger partial charge on any atom is 0.226 e. The second-order valence-corrected chi connectivity index (χ2v) is 7.00. The SMILES string of the molecule is COc1ccc(C2CC(=O)Nc3c2cnn3-c2cccc(C)c2C)cc1OC. The number of methoxy groups -OCH3 is 2. The molecule has 28 heavy (non-hydrogen) atoms. The number of hydrogen-bond acceptors (Lipinski definition) is 4. The summed E-state index contributed by atoms with van der Waals surface area (Å²) in [6.07, 6.45) is 2.21. The van der Waals surface area contributed by atoms with Crippen LogP contribution in [0.5, 0.6) is 11.5 Å². The molecule has 4 rings (SSSR count). The molecule has 0 radical (unpaired) electrons. The number of aryl methyl sites for hydroxylation is 1. The first-order valence-electron chi connectivity index (χ1n) is 9.19. The van der Waals surface area contributed by atoms with E-state index in [2.05, 4.69) is 30.3 Å². The lowest BCUT2D eigenvalue weighted by Gasteiger charge is -2.24. The highest BCUT2D eigenvalue weighted by Crippen LogP contribution is 2.41. The summed E-state index contributed by atoms with van der Waals surface area (Å²) in [5.41, 5.74) is 5.27. The van der Waals surface area contributed by atoms with E-state index in [1.807, 2.05) is 41.2 Å². The van der Waals surface area contributed by atoms with Crippen LogP contribution < -0.4 is 14.8 Å². The fraction of sp³-hybridized carbons (Fsp3) is 0.273. The zero-order valence-electron chi connectivity index (χ0n) is 16.4. The Morgan fingerprint density at radius 3 is 2.64 bits per heavy atom. The van der Waals surface area contributed by atoms with Gasteiger partial charge < -0.3 is 14.8 Å². The van der Waals surface area contributed by atoms with Crippen molar-refractivity contribution in [3.05, 3.63) is 64.8 Å². The van der Waals surface area contributed by atoms with Crippen molar-refractivity contribution in [2.75, 3.05) is 19.5 Å². The van der Waals surface area contributed by atoms with Crippen molar-refractivity contribution in [3.8, 4) is 17.2 Å². The number of carbonyl (C=O) groups excluding carboxylic acids is 1. The molecular formula is C22H23N3O3. The van der Waals surface area contributed by atoms with Gasteiger partial charge in [-0.3, -0.25) is 4.79 Å². The van der Waals surface area contributed by atoms with Gasteiger partial charge in [-0.15, -0.1) is 0 Å². The van der Waals surface area contributed by atoms with Gasteiger partial charge >= 0.3 is 0 Å². The molecular weight excluding hydrogens is 354 g/mol. The van der Waals surface area contributed by atoms with Crippen molar-refractivity contribution in [2.45, 2.75) is 26.2 Å². The molecule has 2 aromatic carbocycles. The maximum absolute atomic E-state index is 12.5. The van der Waals surface area contributed by atoms with Crippen molar-refractivity contribution in [3.63, 3.8) is 0 Å². The predicted molar refractivity (Wildman–Crippen MR) is 108 cm³/mol. The van der Waals surface area contributed by atoms with Gasteiger partial charge in [0.1, 0.15) is 5.82 Å². The average molecular weight is 377 g/mol. The fourth-order valence-electron chi connectivity index (χ4n) is 3.73. The number of nitrogens with one attached hydrogen (secondary N) is 1. The second kappa shape index (κ2) is 7.03. The number of benzene rings is 2. The molecule has 3 aromatic rings. The van der Waals surface area contributed by atoms with E-state index >= 15 is 0 Å². The highest BCUT2D eigenvalue weighted by atomic mass is 16.5. The number of hydrogen-bond donors (Lipinski definition) is 1. The summed E-state index contributed by atoms with van der Waals surface area (Å²) in [4.78, 5) is 12.5. The Morgan fingerprint density at radius 1 is 1.11 bits per heavy atom. The molecule has 2 heterocycles. The van der Waals surface area contributed by atoms with Crippen molar-refractivity contribution in [1.29, 1.82) is 0 Å². The van der Waals surface area contributed by atoms with E-state index in [4.69, 9.17) is 9.47 Å². The quantitative estimate of drug-likeness (QED) is 0.747. The minimum atomic E-state index is -0.0950. The van der Waals surface area contributed by atoms with Gasteiger partial charge in [0.2, 0.25) is 5.91 Å². The first kappa shape index (κ1) is 18.1.